The number of ether oxygens (including phenoxy) is 1. The van der Waals surface area contributed by atoms with Gasteiger partial charge in [0.2, 0.25) is 5.91 Å². The zero-order chi connectivity index (χ0) is 22.8. The molecule has 11 heteroatoms. The van der Waals surface area contributed by atoms with Gasteiger partial charge in [-0.25, -0.2) is 13.8 Å². The number of aromatic nitrogens is 1. The highest BCUT2D eigenvalue weighted by Crippen LogP contribution is 2.35. The Morgan fingerprint density at radius 3 is 2.97 bits per heavy atom. The smallest absolute Gasteiger partial charge is 0.296 e. The number of nitrogens with one attached hydrogen (secondary N) is 1. The van der Waals surface area contributed by atoms with Gasteiger partial charge in [-0.15, -0.1) is 11.3 Å². The summed E-state index contributed by atoms with van der Waals surface area (Å²) in [6.07, 6.45) is -2.69. The van der Waals surface area contributed by atoms with E-state index in [9.17, 15) is 18.4 Å². The lowest BCUT2D eigenvalue weighted by Gasteiger charge is -2.15. The number of carbonyl (C=O) groups is 2. The lowest BCUT2D eigenvalue weighted by atomic mass is 10.1. The summed E-state index contributed by atoms with van der Waals surface area (Å²) in [5.74, 6) is -1.56. The second-order valence-corrected chi connectivity index (χ2v) is 8.25. The van der Waals surface area contributed by atoms with Crippen molar-refractivity contribution in [2.45, 2.75) is 32.4 Å². The zero-order valence-electron chi connectivity index (χ0n) is 17.1. The highest BCUT2D eigenvalue weighted by Gasteiger charge is 2.35. The van der Waals surface area contributed by atoms with Crippen molar-refractivity contribution in [2.75, 3.05) is 19.7 Å². The highest BCUT2D eigenvalue weighted by atomic mass is 32.1. The first-order chi connectivity index (χ1) is 15.4. The molecule has 3 aromatic rings. The number of hydrogen-bond donors (Lipinski definition) is 2. The van der Waals surface area contributed by atoms with Gasteiger partial charge in [0.1, 0.15) is 24.0 Å². The predicted octanol–water partition coefficient (Wildman–Crippen LogP) is 3.04. The molecule has 1 fully saturated rings. The number of benzene rings is 1. The summed E-state index contributed by atoms with van der Waals surface area (Å²) in [4.78, 5) is 31.8. The molecule has 32 heavy (non-hydrogen) atoms. The topological polar surface area (TPSA) is 105 Å². The van der Waals surface area contributed by atoms with Crippen molar-refractivity contribution >= 4 is 34.1 Å². The van der Waals surface area contributed by atoms with Gasteiger partial charge in [-0.1, -0.05) is 0 Å². The number of aliphatic hydroxyl groups excluding tert-OH is 1. The average molecular weight is 465 g/mol. The molecule has 0 spiro atoms. The summed E-state index contributed by atoms with van der Waals surface area (Å²) in [7, 11) is 0. The Hall–Kier alpha value is -3.05. The lowest BCUT2D eigenvalue weighted by molar-refractivity contribution is -0.129. The van der Waals surface area contributed by atoms with Gasteiger partial charge in [0.15, 0.2) is 5.76 Å². The van der Waals surface area contributed by atoms with Gasteiger partial charge in [-0.05, 0) is 31.5 Å². The lowest BCUT2D eigenvalue weighted by Crippen LogP contribution is -2.42. The minimum atomic E-state index is -3.02. The van der Waals surface area contributed by atoms with Crippen molar-refractivity contribution in [1.82, 2.24) is 15.2 Å². The summed E-state index contributed by atoms with van der Waals surface area (Å²) >= 11 is 1.44. The first-order valence-electron chi connectivity index (χ1n) is 9.96. The fraction of sp³-hybridized carbons (Fsp3) is 0.381. The predicted molar refractivity (Wildman–Crippen MR) is 112 cm³/mol. The minimum absolute atomic E-state index is 0.117. The van der Waals surface area contributed by atoms with Crippen LogP contribution in [-0.2, 0) is 11.4 Å². The van der Waals surface area contributed by atoms with E-state index in [2.05, 4.69) is 10.3 Å². The van der Waals surface area contributed by atoms with Crippen molar-refractivity contribution in [3.05, 3.63) is 45.6 Å². The molecule has 0 radical (unpaired) electrons. The SMILES string of the molecule is Cc1ncsc1COc1ccc2oc(C(F)F)c(C(=O)NC3CCN(CCO)C3=O)c2c1. The Balaban J connectivity index is 1.60. The molecule has 1 aliphatic heterocycles. The van der Waals surface area contributed by atoms with Crippen molar-refractivity contribution in [1.29, 1.82) is 0 Å². The molecule has 4 rings (SSSR count). The number of rotatable bonds is 8. The minimum Gasteiger partial charge on any atom is -0.488 e. The third-order valence-electron chi connectivity index (χ3n) is 5.30. The molecule has 2 aromatic heterocycles. The van der Waals surface area contributed by atoms with Crippen LogP contribution in [0.4, 0.5) is 8.78 Å². The maximum atomic E-state index is 13.6. The van der Waals surface area contributed by atoms with Crippen molar-refractivity contribution in [3.8, 4) is 5.75 Å². The molecular formula is C21H21F2N3O5S. The molecular weight excluding hydrogens is 444 g/mol. The Labute approximate surface area is 185 Å². The molecule has 1 atom stereocenters. The second-order valence-electron chi connectivity index (χ2n) is 7.31. The fourth-order valence-electron chi connectivity index (χ4n) is 3.63. The van der Waals surface area contributed by atoms with Crippen LogP contribution >= 0.6 is 11.3 Å². The van der Waals surface area contributed by atoms with Crippen LogP contribution in [-0.4, -0.2) is 52.5 Å². The van der Waals surface area contributed by atoms with Crippen LogP contribution in [0, 0.1) is 6.92 Å². The summed E-state index contributed by atoms with van der Waals surface area (Å²) in [6.45, 7) is 2.44. The molecule has 1 unspecified atom stereocenters. The van der Waals surface area contributed by atoms with Gasteiger partial charge < -0.3 is 24.5 Å². The molecule has 3 heterocycles. The quantitative estimate of drug-likeness (QED) is 0.530. The van der Waals surface area contributed by atoms with Crippen LogP contribution in [0.3, 0.4) is 0 Å². The van der Waals surface area contributed by atoms with Gasteiger partial charge in [0.05, 0.1) is 28.3 Å². The summed E-state index contributed by atoms with van der Waals surface area (Å²) in [5.41, 5.74) is 2.35. The van der Waals surface area contributed by atoms with E-state index >= 15 is 0 Å². The van der Waals surface area contributed by atoms with Crippen molar-refractivity contribution < 1.29 is 32.6 Å². The number of alkyl halides is 2. The third kappa shape index (κ3) is 4.30. The van der Waals surface area contributed by atoms with Crippen LogP contribution < -0.4 is 10.1 Å². The van der Waals surface area contributed by atoms with Crippen molar-refractivity contribution in [3.63, 3.8) is 0 Å². The van der Waals surface area contributed by atoms with E-state index in [0.29, 0.717) is 18.7 Å². The number of aryl methyl sites for hydroxylation is 1. The van der Waals surface area contributed by atoms with Gasteiger partial charge in [0, 0.05) is 18.5 Å². The van der Waals surface area contributed by atoms with Crippen LogP contribution in [0.25, 0.3) is 11.0 Å². The molecule has 170 valence electrons. The van der Waals surface area contributed by atoms with E-state index in [0.717, 1.165) is 10.6 Å². The number of β-amino-alcohol motifs (C(OH)–C–C–N with tert-alkyl or cyclic N) is 1. The van der Waals surface area contributed by atoms with Crippen LogP contribution in [0.1, 0.15) is 39.5 Å². The standard InChI is InChI=1S/C21H21F2N3O5S/c1-11-16(32-10-24-11)9-30-12-2-3-15-13(8-12)17(18(31-15)19(22)23)20(28)25-14-4-5-26(6-7-27)21(14)29/h2-3,8,10,14,19,27H,4-7,9H2,1H3,(H,25,28). The molecule has 0 bridgehead atoms. The summed E-state index contributed by atoms with van der Waals surface area (Å²) in [6, 6.07) is 3.67. The molecule has 0 saturated carbocycles. The van der Waals surface area contributed by atoms with Gasteiger partial charge >= 0.3 is 0 Å². The third-order valence-corrected chi connectivity index (χ3v) is 6.21. The fourth-order valence-corrected chi connectivity index (χ4v) is 4.32. The Morgan fingerprint density at radius 2 is 2.28 bits per heavy atom. The molecule has 0 aliphatic carbocycles. The summed E-state index contributed by atoms with van der Waals surface area (Å²) in [5, 5.41) is 11.7. The van der Waals surface area contributed by atoms with Gasteiger partial charge in [0.25, 0.3) is 12.3 Å². The van der Waals surface area contributed by atoms with Crippen LogP contribution in [0.5, 0.6) is 5.75 Å². The number of furan rings is 1. The molecule has 1 aromatic carbocycles. The molecule has 8 nitrogen and oxygen atoms in total. The molecule has 2 amide bonds. The maximum Gasteiger partial charge on any atom is 0.296 e. The molecule has 1 aliphatic rings. The number of nitrogens with zero attached hydrogens (tertiary/aromatic N) is 2. The Kier molecular flexibility index (Phi) is 6.38. The van der Waals surface area contributed by atoms with E-state index in [1.54, 1.807) is 11.6 Å². The number of likely N-dealkylation sites (tertiary alicyclic amines) is 1. The Morgan fingerprint density at radius 1 is 1.47 bits per heavy atom. The van der Waals surface area contributed by atoms with Gasteiger partial charge in [-0.2, -0.15) is 0 Å². The van der Waals surface area contributed by atoms with E-state index in [-0.39, 0.29) is 42.2 Å². The van der Waals surface area contributed by atoms with E-state index in [1.807, 2.05) is 6.92 Å². The largest absolute Gasteiger partial charge is 0.488 e. The van der Waals surface area contributed by atoms with E-state index in [4.69, 9.17) is 14.3 Å². The van der Waals surface area contributed by atoms with Crippen LogP contribution in [0.15, 0.2) is 28.1 Å². The number of hydrogen-bond acceptors (Lipinski definition) is 7. The van der Waals surface area contributed by atoms with E-state index in [1.165, 1.54) is 28.4 Å². The average Bonchev–Trinajstić information content (AvgIpc) is 3.45. The number of amides is 2. The number of carbonyl (C=O) groups excluding carboxylic acids is 2. The first-order valence-corrected chi connectivity index (χ1v) is 10.8. The van der Waals surface area contributed by atoms with Gasteiger partial charge in [-0.3, -0.25) is 9.59 Å². The maximum absolute atomic E-state index is 13.6. The molecule has 1 saturated heterocycles. The Bertz CT molecular complexity index is 1150. The zero-order valence-corrected chi connectivity index (χ0v) is 18.0. The normalized spacial score (nSPS) is 16.3. The number of aliphatic hydroxyl groups is 1. The number of fused-ring (bicyclic) bond motifs is 1. The van der Waals surface area contributed by atoms with Crippen molar-refractivity contribution in [2.24, 2.45) is 0 Å². The van der Waals surface area contributed by atoms with Crippen LogP contribution in [0.2, 0.25) is 0 Å². The monoisotopic (exact) mass is 465 g/mol. The first kappa shape index (κ1) is 22.2. The highest BCUT2D eigenvalue weighted by molar-refractivity contribution is 7.09. The number of halogens is 2. The number of thiazole rings is 1. The van der Waals surface area contributed by atoms with E-state index < -0.39 is 24.1 Å². The second kappa shape index (κ2) is 9.21. The molecule has 2 N–H and O–H groups in total. The summed E-state index contributed by atoms with van der Waals surface area (Å²) < 4.78 is 38.3.